The molecule has 1 saturated carbocycles. The van der Waals surface area contributed by atoms with E-state index in [1.54, 1.807) is 11.9 Å². The summed E-state index contributed by atoms with van der Waals surface area (Å²) in [5.74, 6) is -0.803. The van der Waals surface area contributed by atoms with Crippen LogP contribution in [0.3, 0.4) is 0 Å². The van der Waals surface area contributed by atoms with Gasteiger partial charge in [-0.05, 0) is 43.5 Å². The fourth-order valence-electron chi connectivity index (χ4n) is 2.99. The second kappa shape index (κ2) is 6.22. The Morgan fingerprint density at radius 2 is 2.15 bits per heavy atom. The molecular weight excluding hydrogens is 259 g/mol. The highest BCUT2D eigenvalue weighted by atomic mass is 19.1. The van der Waals surface area contributed by atoms with Crippen molar-refractivity contribution in [2.75, 3.05) is 13.6 Å². The van der Waals surface area contributed by atoms with E-state index in [-0.39, 0.29) is 29.2 Å². The predicted molar refractivity (Wildman–Crippen MR) is 75.0 cm³/mol. The molecule has 0 aliphatic heterocycles. The summed E-state index contributed by atoms with van der Waals surface area (Å²) in [7, 11) is 1.70. The van der Waals surface area contributed by atoms with Crippen LogP contribution in [0.2, 0.25) is 0 Å². The van der Waals surface area contributed by atoms with E-state index < -0.39 is 5.82 Å². The van der Waals surface area contributed by atoms with Crippen LogP contribution >= 0.6 is 0 Å². The fourth-order valence-corrected chi connectivity index (χ4v) is 2.99. The highest BCUT2D eigenvalue weighted by Crippen LogP contribution is 2.29. The molecule has 4 nitrogen and oxygen atoms in total. The number of nitrogens with zero attached hydrogens (tertiary/aromatic N) is 1. The summed E-state index contributed by atoms with van der Waals surface area (Å²) in [6.45, 7) is 0.539. The lowest BCUT2D eigenvalue weighted by Crippen LogP contribution is -2.45. The summed E-state index contributed by atoms with van der Waals surface area (Å²) in [4.78, 5) is 14.0. The molecule has 0 radical (unpaired) electrons. The number of aromatic hydroxyl groups is 1. The van der Waals surface area contributed by atoms with Crippen molar-refractivity contribution in [1.29, 1.82) is 0 Å². The Hall–Kier alpha value is -1.62. The van der Waals surface area contributed by atoms with Gasteiger partial charge in [-0.15, -0.1) is 0 Å². The number of carbonyl (C=O) groups excluding carboxylic acids is 1. The van der Waals surface area contributed by atoms with Gasteiger partial charge in [0, 0.05) is 13.1 Å². The molecule has 0 saturated heterocycles. The number of benzene rings is 1. The number of carbonyl (C=O) groups is 1. The van der Waals surface area contributed by atoms with E-state index in [1.807, 2.05) is 0 Å². The molecule has 1 aromatic carbocycles. The maximum Gasteiger partial charge on any atom is 0.257 e. The standard InChI is InChI=1S/C15H21FN2O2/c1-18(13-5-3-2-4-10(13)9-17)15(20)12-8-11(16)6-7-14(12)19/h6-8,10,13,19H,2-5,9,17H2,1H3. The average Bonchev–Trinajstić information content (AvgIpc) is 2.48. The van der Waals surface area contributed by atoms with E-state index in [2.05, 4.69) is 0 Å². The minimum atomic E-state index is -0.529. The zero-order valence-electron chi connectivity index (χ0n) is 11.7. The van der Waals surface area contributed by atoms with E-state index >= 15 is 0 Å². The summed E-state index contributed by atoms with van der Waals surface area (Å²) in [6, 6.07) is 3.48. The van der Waals surface area contributed by atoms with Gasteiger partial charge in [-0.3, -0.25) is 4.79 Å². The van der Waals surface area contributed by atoms with Crippen LogP contribution in [0.4, 0.5) is 4.39 Å². The molecule has 1 aliphatic carbocycles. The van der Waals surface area contributed by atoms with Crippen LogP contribution in [0.15, 0.2) is 18.2 Å². The van der Waals surface area contributed by atoms with E-state index in [9.17, 15) is 14.3 Å². The summed E-state index contributed by atoms with van der Waals surface area (Å²) in [5.41, 5.74) is 5.79. The molecule has 2 rings (SSSR count). The molecule has 2 atom stereocenters. The number of nitrogens with two attached hydrogens (primary N) is 1. The maximum atomic E-state index is 13.3. The van der Waals surface area contributed by atoms with Crippen molar-refractivity contribution in [3.05, 3.63) is 29.6 Å². The van der Waals surface area contributed by atoms with Crippen molar-refractivity contribution >= 4 is 5.91 Å². The largest absolute Gasteiger partial charge is 0.507 e. The number of amides is 1. The first-order valence-corrected chi connectivity index (χ1v) is 7.00. The van der Waals surface area contributed by atoms with Gasteiger partial charge in [-0.1, -0.05) is 12.8 Å². The van der Waals surface area contributed by atoms with Gasteiger partial charge in [-0.25, -0.2) is 4.39 Å². The Labute approximate surface area is 118 Å². The molecule has 0 aromatic heterocycles. The topological polar surface area (TPSA) is 66.6 Å². The zero-order chi connectivity index (χ0) is 14.7. The Morgan fingerprint density at radius 1 is 1.45 bits per heavy atom. The lowest BCUT2D eigenvalue weighted by Gasteiger charge is -2.37. The highest BCUT2D eigenvalue weighted by Gasteiger charge is 2.31. The smallest absolute Gasteiger partial charge is 0.257 e. The van der Waals surface area contributed by atoms with E-state index in [0.717, 1.165) is 37.8 Å². The monoisotopic (exact) mass is 280 g/mol. The Balaban J connectivity index is 2.21. The second-order valence-corrected chi connectivity index (χ2v) is 5.43. The molecule has 0 bridgehead atoms. The Morgan fingerprint density at radius 3 is 2.85 bits per heavy atom. The minimum absolute atomic E-state index is 0.00819. The molecule has 1 aliphatic rings. The van der Waals surface area contributed by atoms with Crippen molar-refractivity contribution in [3.63, 3.8) is 0 Å². The lowest BCUT2D eigenvalue weighted by atomic mass is 9.83. The molecule has 1 aromatic rings. The number of halogens is 1. The highest BCUT2D eigenvalue weighted by molar-refractivity contribution is 5.96. The maximum absolute atomic E-state index is 13.3. The van der Waals surface area contributed by atoms with Crippen LogP contribution in [0.1, 0.15) is 36.0 Å². The molecule has 110 valence electrons. The first-order chi connectivity index (χ1) is 9.54. The van der Waals surface area contributed by atoms with Crippen LogP contribution in [0.25, 0.3) is 0 Å². The van der Waals surface area contributed by atoms with Gasteiger partial charge in [0.25, 0.3) is 5.91 Å². The predicted octanol–water partition coefficient (Wildman–Crippen LogP) is 2.12. The summed E-state index contributed by atoms with van der Waals surface area (Å²) >= 11 is 0. The SMILES string of the molecule is CN(C(=O)c1cc(F)ccc1O)C1CCCCC1CN. The van der Waals surface area contributed by atoms with Gasteiger partial charge in [0.05, 0.1) is 5.56 Å². The summed E-state index contributed by atoms with van der Waals surface area (Å²) in [6.07, 6.45) is 4.10. The minimum Gasteiger partial charge on any atom is -0.507 e. The van der Waals surface area contributed by atoms with Crippen molar-refractivity contribution in [2.24, 2.45) is 11.7 Å². The quantitative estimate of drug-likeness (QED) is 0.891. The zero-order valence-corrected chi connectivity index (χ0v) is 11.7. The lowest BCUT2D eigenvalue weighted by molar-refractivity contribution is 0.0617. The van der Waals surface area contributed by atoms with Crippen molar-refractivity contribution in [2.45, 2.75) is 31.7 Å². The second-order valence-electron chi connectivity index (χ2n) is 5.43. The number of rotatable bonds is 3. The molecular formula is C15H21FN2O2. The average molecular weight is 280 g/mol. The molecule has 2 unspecified atom stereocenters. The molecule has 5 heteroatoms. The Kier molecular flexibility index (Phi) is 4.60. The molecule has 20 heavy (non-hydrogen) atoms. The first-order valence-electron chi connectivity index (χ1n) is 7.00. The molecule has 1 fully saturated rings. The normalized spacial score (nSPS) is 22.6. The third-order valence-electron chi connectivity index (χ3n) is 4.18. The van der Waals surface area contributed by atoms with Gasteiger partial charge in [-0.2, -0.15) is 0 Å². The third kappa shape index (κ3) is 2.93. The molecule has 0 heterocycles. The van der Waals surface area contributed by atoms with Crippen molar-refractivity contribution < 1.29 is 14.3 Å². The van der Waals surface area contributed by atoms with Crippen LogP contribution in [-0.4, -0.2) is 35.5 Å². The van der Waals surface area contributed by atoms with E-state index in [4.69, 9.17) is 5.73 Å². The molecule has 1 amide bonds. The van der Waals surface area contributed by atoms with Gasteiger partial charge in [0.15, 0.2) is 0 Å². The van der Waals surface area contributed by atoms with E-state index in [1.165, 1.54) is 6.07 Å². The van der Waals surface area contributed by atoms with Crippen LogP contribution in [0.5, 0.6) is 5.75 Å². The third-order valence-corrected chi connectivity index (χ3v) is 4.18. The van der Waals surface area contributed by atoms with Crippen LogP contribution in [0, 0.1) is 11.7 Å². The van der Waals surface area contributed by atoms with E-state index in [0.29, 0.717) is 6.54 Å². The van der Waals surface area contributed by atoms with Gasteiger partial charge in [0.1, 0.15) is 11.6 Å². The van der Waals surface area contributed by atoms with Crippen LogP contribution in [-0.2, 0) is 0 Å². The van der Waals surface area contributed by atoms with Gasteiger partial charge >= 0.3 is 0 Å². The number of hydrogen-bond acceptors (Lipinski definition) is 3. The number of hydrogen-bond donors (Lipinski definition) is 2. The van der Waals surface area contributed by atoms with Crippen LogP contribution < -0.4 is 5.73 Å². The summed E-state index contributed by atoms with van der Waals surface area (Å²) < 4.78 is 13.3. The fraction of sp³-hybridized carbons (Fsp3) is 0.533. The summed E-state index contributed by atoms with van der Waals surface area (Å²) in [5, 5.41) is 9.74. The number of phenols is 1. The number of phenolic OH excluding ortho intramolecular Hbond substituents is 1. The van der Waals surface area contributed by atoms with Crippen molar-refractivity contribution in [1.82, 2.24) is 4.90 Å². The van der Waals surface area contributed by atoms with Gasteiger partial charge < -0.3 is 15.7 Å². The first kappa shape index (κ1) is 14.8. The Bertz CT molecular complexity index is 493. The van der Waals surface area contributed by atoms with Gasteiger partial charge in [0.2, 0.25) is 0 Å². The molecule has 3 N–H and O–H groups in total. The molecule has 0 spiro atoms. The van der Waals surface area contributed by atoms with Crippen molar-refractivity contribution in [3.8, 4) is 5.75 Å².